The maximum atomic E-state index is 10.4. The summed E-state index contributed by atoms with van der Waals surface area (Å²) in [5, 5.41) is 10.4. The summed E-state index contributed by atoms with van der Waals surface area (Å²) in [6, 6.07) is 12.3. The molecular weight excluding hydrogens is 260 g/mol. The molecule has 1 heterocycles. The fraction of sp³-hybridized carbons (Fsp3) is 0.389. The van der Waals surface area contributed by atoms with E-state index in [-0.39, 0.29) is 0 Å². The van der Waals surface area contributed by atoms with Gasteiger partial charge in [-0.25, -0.2) is 0 Å². The molecule has 1 N–H and O–H groups in total. The summed E-state index contributed by atoms with van der Waals surface area (Å²) >= 11 is 0. The van der Waals surface area contributed by atoms with E-state index in [0.29, 0.717) is 6.54 Å². The molecule has 0 saturated heterocycles. The number of hydrogen-bond donors (Lipinski definition) is 1. The number of hydrogen-bond acceptors (Lipinski definition) is 3. The van der Waals surface area contributed by atoms with E-state index < -0.39 is 6.10 Å². The molecule has 3 nitrogen and oxygen atoms in total. The molecule has 0 aliphatic rings. The maximum Gasteiger partial charge on any atom is 0.0917 e. The quantitative estimate of drug-likeness (QED) is 0.916. The number of nitrogens with zero attached hydrogens (tertiary/aromatic N) is 2. The van der Waals surface area contributed by atoms with Crippen LogP contribution >= 0.6 is 0 Å². The minimum Gasteiger partial charge on any atom is -0.387 e. The molecule has 1 unspecified atom stereocenters. The highest BCUT2D eigenvalue weighted by Crippen LogP contribution is 2.18. The Morgan fingerprint density at radius 1 is 1.10 bits per heavy atom. The number of aliphatic hydroxyl groups excluding tert-OH is 1. The van der Waals surface area contributed by atoms with Crippen LogP contribution in [0.2, 0.25) is 0 Å². The molecule has 0 fully saturated rings. The number of aryl methyl sites for hydroxylation is 3. The van der Waals surface area contributed by atoms with Gasteiger partial charge in [0.2, 0.25) is 0 Å². The molecule has 0 bridgehead atoms. The van der Waals surface area contributed by atoms with Crippen LogP contribution in [-0.2, 0) is 6.54 Å². The SMILES string of the molecule is Cc1cc(C)cc(C(O)CN(C)Cc2cccc(C)n2)c1. The van der Waals surface area contributed by atoms with Gasteiger partial charge in [0.05, 0.1) is 11.8 Å². The molecular formula is C18H24N2O. The molecule has 0 radical (unpaired) electrons. The first-order valence-electron chi connectivity index (χ1n) is 7.31. The summed E-state index contributed by atoms with van der Waals surface area (Å²) in [6.45, 7) is 7.45. The summed E-state index contributed by atoms with van der Waals surface area (Å²) in [7, 11) is 2.01. The van der Waals surface area contributed by atoms with Gasteiger partial charge in [0, 0.05) is 18.8 Å². The Balaban J connectivity index is 2.00. The first-order chi connectivity index (χ1) is 9.94. The molecule has 1 atom stereocenters. The Bertz CT molecular complexity index is 590. The molecule has 1 aromatic carbocycles. The second kappa shape index (κ2) is 6.83. The van der Waals surface area contributed by atoms with Crippen molar-refractivity contribution in [2.24, 2.45) is 0 Å². The molecule has 1 aromatic heterocycles. The second-order valence-electron chi connectivity index (χ2n) is 5.90. The molecule has 0 saturated carbocycles. The van der Waals surface area contributed by atoms with Crippen molar-refractivity contribution in [3.05, 3.63) is 64.5 Å². The Kier molecular flexibility index (Phi) is 5.10. The molecule has 0 aliphatic carbocycles. The molecule has 2 rings (SSSR count). The largest absolute Gasteiger partial charge is 0.387 e. The normalized spacial score (nSPS) is 12.7. The highest BCUT2D eigenvalue weighted by molar-refractivity contribution is 5.30. The highest BCUT2D eigenvalue weighted by Gasteiger charge is 2.12. The molecule has 3 heteroatoms. The number of aromatic nitrogens is 1. The smallest absolute Gasteiger partial charge is 0.0917 e. The van der Waals surface area contributed by atoms with Crippen molar-refractivity contribution < 1.29 is 5.11 Å². The lowest BCUT2D eigenvalue weighted by atomic mass is 10.0. The Morgan fingerprint density at radius 2 is 1.76 bits per heavy atom. The standard InChI is InChI=1S/C18H24N2O/c1-13-8-14(2)10-16(9-13)18(21)12-20(4)11-17-7-5-6-15(3)19-17/h5-10,18,21H,11-12H2,1-4H3. The van der Waals surface area contributed by atoms with Crippen molar-refractivity contribution in [2.45, 2.75) is 33.4 Å². The van der Waals surface area contributed by atoms with Gasteiger partial charge in [-0.1, -0.05) is 35.4 Å². The van der Waals surface area contributed by atoms with Crippen LogP contribution < -0.4 is 0 Å². The van der Waals surface area contributed by atoms with Crippen LogP contribution in [0.15, 0.2) is 36.4 Å². The van der Waals surface area contributed by atoms with Crippen LogP contribution in [0.25, 0.3) is 0 Å². The van der Waals surface area contributed by atoms with Crippen molar-refractivity contribution >= 4 is 0 Å². The lowest BCUT2D eigenvalue weighted by Crippen LogP contribution is -2.24. The fourth-order valence-electron chi connectivity index (χ4n) is 2.63. The average Bonchev–Trinajstić information content (AvgIpc) is 2.37. The summed E-state index contributed by atoms with van der Waals surface area (Å²) in [4.78, 5) is 6.60. The predicted octanol–water partition coefficient (Wildman–Crippen LogP) is 3.17. The average molecular weight is 284 g/mol. The number of likely N-dealkylation sites (N-methyl/N-ethyl adjacent to an activating group) is 1. The molecule has 0 amide bonds. The summed E-state index contributed by atoms with van der Waals surface area (Å²) < 4.78 is 0. The Morgan fingerprint density at radius 3 is 2.38 bits per heavy atom. The van der Waals surface area contributed by atoms with E-state index in [1.54, 1.807) is 0 Å². The van der Waals surface area contributed by atoms with E-state index in [1.807, 2.05) is 32.2 Å². The van der Waals surface area contributed by atoms with Gasteiger partial charge in [0.15, 0.2) is 0 Å². The number of benzene rings is 1. The first kappa shape index (κ1) is 15.7. The van der Waals surface area contributed by atoms with Crippen molar-refractivity contribution in [3.8, 4) is 0 Å². The molecule has 0 spiro atoms. The number of aliphatic hydroxyl groups is 1. The monoisotopic (exact) mass is 284 g/mol. The van der Waals surface area contributed by atoms with Crippen molar-refractivity contribution in [1.29, 1.82) is 0 Å². The van der Waals surface area contributed by atoms with Crippen molar-refractivity contribution in [3.63, 3.8) is 0 Å². The third kappa shape index (κ3) is 4.66. The van der Waals surface area contributed by atoms with Gasteiger partial charge in [-0.2, -0.15) is 0 Å². The predicted molar refractivity (Wildman–Crippen MR) is 86.2 cm³/mol. The van der Waals surface area contributed by atoms with Gasteiger partial charge >= 0.3 is 0 Å². The molecule has 112 valence electrons. The molecule has 2 aromatic rings. The van der Waals surface area contributed by atoms with Gasteiger partial charge in [0.25, 0.3) is 0 Å². The Labute approximate surface area is 127 Å². The third-order valence-electron chi connectivity index (χ3n) is 3.49. The van der Waals surface area contributed by atoms with Gasteiger partial charge in [-0.05, 0) is 45.5 Å². The van der Waals surface area contributed by atoms with E-state index in [4.69, 9.17) is 0 Å². The van der Waals surface area contributed by atoms with Gasteiger partial charge in [-0.3, -0.25) is 9.88 Å². The molecule has 21 heavy (non-hydrogen) atoms. The van der Waals surface area contributed by atoms with Gasteiger partial charge in [-0.15, -0.1) is 0 Å². The van der Waals surface area contributed by atoms with Gasteiger partial charge < -0.3 is 5.11 Å². The summed E-state index contributed by atoms with van der Waals surface area (Å²) in [6.07, 6.45) is -0.474. The fourth-order valence-corrected chi connectivity index (χ4v) is 2.63. The van der Waals surface area contributed by atoms with E-state index in [9.17, 15) is 5.11 Å². The highest BCUT2D eigenvalue weighted by atomic mass is 16.3. The summed E-state index contributed by atoms with van der Waals surface area (Å²) in [5.74, 6) is 0. The maximum absolute atomic E-state index is 10.4. The zero-order valence-electron chi connectivity index (χ0n) is 13.3. The zero-order chi connectivity index (χ0) is 15.4. The topological polar surface area (TPSA) is 36.4 Å². The first-order valence-corrected chi connectivity index (χ1v) is 7.31. The lowest BCUT2D eigenvalue weighted by molar-refractivity contribution is 0.123. The van der Waals surface area contributed by atoms with E-state index in [1.165, 1.54) is 11.1 Å². The minimum absolute atomic E-state index is 0.474. The molecule has 0 aliphatic heterocycles. The number of pyridine rings is 1. The third-order valence-corrected chi connectivity index (χ3v) is 3.49. The van der Waals surface area contributed by atoms with Crippen molar-refractivity contribution in [2.75, 3.05) is 13.6 Å². The zero-order valence-corrected chi connectivity index (χ0v) is 13.3. The van der Waals surface area contributed by atoms with E-state index in [0.717, 1.165) is 23.5 Å². The second-order valence-corrected chi connectivity index (χ2v) is 5.90. The van der Waals surface area contributed by atoms with Crippen LogP contribution in [0.3, 0.4) is 0 Å². The summed E-state index contributed by atoms with van der Waals surface area (Å²) in [5.41, 5.74) is 5.41. The van der Waals surface area contributed by atoms with Gasteiger partial charge in [0.1, 0.15) is 0 Å². The van der Waals surface area contributed by atoms with Crippen LogP contribution in [0.1, 0.15) is 34.2 Å². The van der Waals surface area contributed by atoms with Crippen LogP contribution in [-0.4, -0.2) is 28.6 Å². The Hall–Kier alpha value is -1.71. The minimum atomic E-state index is -0.474. The van der Waals surface area contributed by atoms with E-state index in [2.05, 4.69) is 41.9 Å². The lowest BCUT2D eigenvalue weighted by Gasteiger charge is -2.21. The van der Waals surface area contributed by atoms with Crippen LogP contribution in [0, 0.1) is 20.8 Å². The van der Waals surface area contributed by atoms with Crippen molar-refractivity contribution in [1.82, 2.24) is 9.88 Å². The van der Waals surface area contributed by atoms with Crippen LogP contribution in [0.5, 0.6) is 0 Å². The van der Waals surface area contributed by atoms with Crippen LogP contribution in [0.4, 0.5) is 0 Å². The number of rotatable bonds is 5. The van der Waals surface area contributed by atoms with E-state index >= 15 is 0 Å².